The molecule has 1 aromatic heterocycles. The molecule has 0 amide bonds. The Morgan fingerprint density at radius 1 is 1.00 bits per heavy atom. The molecule has 0 saturated carbocycles. The highest BCUT2D eigenvalue weighted by Gasteiger charge is 2.03. The second-order valence-electron chi connectivity index (χ2n) is 5.06. The van der Waals surface area contributed by atoms with Gasteiger partial charge in [0.1, 0.15) is 0 Å². The SMILES string of the molecule is CCCCCCCCn1ccc2cccc(N)c21. The van der Waals surface area contributed by atoms with E-state index in [4.69, 9.17) is 5.73 Å². The number of unbranched alkanes of at least 4 members (excludes halogenated alkanes) is 5. The molecule has 18 heavy (non-hydrogen) atoms. The van der Waals surface area contributed by atoms with Crippen molar-refractivity contribution in [2.75, 3.05) is 5.73 Å². The number of nitrogen functional groups attached to an aromatic ring is 1. The molecular formula is C16H24N2. The van der Waals surface area contributed by atoms with Crippen LogP contribution in [0.5, 0.6) is 0 Å². The Kier molecular flexibility index (Phi) is 4.68. The highest BCUT2D eigenvalue weighted by Crippen LogP contribution is 2.22. The van der Waals surface area contributed by atoms with Gasteiger partial charge in [-0.2, -0.15) is 0 Å². The van der Waals surface area contributed by atoms with Crippen molar-refractivity contribution in [1.82, 2.24) is 4.57 Å². The first-order chi connectivity index (χ1) is 8.83. The Morgan fingerprint density at radius 2 is 1.78 bits per heavy atom. The Labute approximate surface area is 110 Å². The van der Waals surface area contributed by atoms with E-state index in [0.29, 0.717) is 0 Å². The van der Waals surface area contributed by atoms with Crippen molar-refractivity contribution in [3.8, 4) is 0 Å². The molecule has 0 saturated heterocycles. The third kappa shape index (κ3) is 3.06. The van der Waals surface area contributed by atoms with E-state index in [-0.39, 0.29) is 0 Å². The predicted octanol–water partition coefficient (Wildman–Crippen LogP) is 4.58. The van der Waals surface area contributed by atoms with E-state index >= 15 is 0 Å². The first-order valence-corrected chi connectivity index (χ1v) is 7.16. The number of nitrogens with two attached hydrogens (primary N) is 1. The number of aromatic nitrogens is 1. The third-order valence-corrected chi connectivity index (χ3v) is 3.57. The van der Waals surface area contributed by atoms with Crippen LogP contribution in [-0.2, 0) is 6.54 Å². The lowest BCUT2D eigenvalue weighted by Gasteiger charge is -2.07. The number of fused-ring (bicyclic) bond motifs is 1. The molecule has 0 aliphatic heterocycles. The Balaban J connectivity index is 1.88. The minimum atomic E-state index is 0.892. The number of rotatable bonds is 7. The molecule has 1 aromatic carbocycles. The molecule has 2 N–H and O–H groups in total. The van der Waals surface area contributed by atoms with Crippen LogP contribution in [0.15, 0.2) is 30.5 Å². The monoisotopic (exact) mass is 244 g/mol. The van der Waals surface area contributed by atoms with Crippen LogP contribution < -0.4 is 5.73 Å². The molecule has 2 nitrogen and oxygen atoms in total. The van der Waals surface area contributed by atoms with E-state index in [1.54, 1.807) is 0 Å². The first kappa shape index (κ1) is 13.0. The van der Waals surface area contributed by atoms with Crippen molar-refractivity contribution in [3.63, 3.8) is 0 Å². The maximum atomic E-state index is 6.05. The van der Waals surface area contributed by atoms with Gasteiger partial charge in [-0.05, 0) is 18.6 Å². The summed E-state index contributed by atoms with van der Waals surface area (Å²) in [6.45, 7) is 3.35. The van der Waals surface area contributed by atoms with Gasteiger partial charge in [-0.3, -0.25) is 0 Å². The minimum Gasteiger partial charge on any atom is -0.397 e. The molecule has 1 heterocycles. The van der Waals surface area contributed by atoms with Crippen molar-refractivity contribution in [3.05, 3.63) is 30.5 Å². The molecule has 0 fully saturated rings. The molecule has 2 heteroatoms. The normalized spacial score (nSPS) is 11.2. The van der Waals surface area contributed by atoms with Crippen LogP contribution in [0.4, 0.5) is 5.69 Å². The second-order valence-corrected chi connectivity index (χ2v) is 5.06. The van der Waals surface area contributed by atoms with Crippen LogP contribution in [0.1, 0.15) is 45.4 Å². The van der Waals surface area contributed by atoms with Gasteiger partial charge in [-0.1, -0.05) is 51.2 Å². The summed E-state index contributed by atoms with van der Waals surface area (Å²) in [4.78, 5) is 0. The number of hydrogen-bond acceptors (Lipinski definition) is 1. The minimum absolute atomic E-state index is 0.892. The molecule has 0 spiro atoms. The van der Waals surface area contributed by atoms with Gasteiger partial charge in [0.05, 0.1) is 11.2 Å². The molecule has 0 unspecified atom stereocenters. The number of benzene rings is 1. The summed E-state index contributed by atoms with van der Waals surface area (Å²) in [7, 11) is 0. The standard InChI is InChI=1S/C16H24N2/c1-2-3-4-5-6-7-12-18-13-11-14-9-8-10-15(17)16(14)18/h8-11,13H,2-7,12,17H2,1H3. The van der Waals surface area contributed by atoms with Crippen molar-refractivity contribution in [1.29, 1.82) is 0 Å². The van der Waals surface area contributed by atoms with Crippen LogP contribution in [0, 0.1) is 0 Å². The van der Waals surface area contributed by atoms with Gasteiger partial charge in [-0.25, -0.2) is 0 Å². The van der Waals surface area contributed by atoms with E-state index in [0.717, 1.165) is 12.2 Å². The van der Waals surface area contributed by atoms with Crippen LogP contribution >= 0.6 is 0 Å². The van der Waals surface area contributed by atoms with Gasteiger partial charge in [0.25, 0.3) is 0 Å². The van der Waals surface area contributed by atoms with Gasteiger partial charge >= 0.3 is 0 Å². The molecule has 0 atom stereocenters. The van der Waals surface area contributed by atoms with Crippen LogP contribution in [0.2, 0.25) is 0 Å². The Bertz CT molecular complexity index is 485. The molecule has 0 bridgehead atoms. The first-order valence-electron chi connectivity index (χ1n) is 7.16. The number of nitrogens with zero attached hydrogens (tertiary/aromatic N) is 1. The number of para-hydroxylation sites is 1. The van der Waals surface area contributed by atoms with E-state index < -0.39 is 0 Å². The lowest BCUT2D eigenvalue weighted by atomic mass is 10.1. The van der Waals surface area contributed by atoms with Gasteiger partial charge in [0.15, 0.2) is 0 Å². The average Bonchev–Trinajstić information content (AvgIpc) is 2.78. The molecule has 98 valence electrons. The summed E-state index contributed by atoms with van der Waals surface area (Å²) in [5.74, 6) is 0. The predicted molar refractivity (Wildman–Crippen MR) is 79.7 cm³/mol. The fourth-order valence-corrected chi connectivity index (χ4v) is 2.54. The van der Waals surface area contributed by atoms with E-state index in [1.807, 2.05) is 12.1 Å². The molecule has 2 aromatic rings. The lowest BCUT2D eigenvalue weighted by molar-refractivity contribution is 0.565. The highest BCUT2D eigenvalue weighted by atomic mass is 15.0. The third-order valence-electron chi connectivity index (χ3n) is 3.57. The molecular weight excluding hydrogens is 220 g/mol. The molecule has 0 aliphatic rings. The fraction of sp³-hybridized carbons (Fsp3) is 0.500. The van der Waals surface area contributed by atoms with Gasteiger partial charge < -0.3 is 10.3 Å². The zero-order valence-electron chi connectivity index (χ0n) is 11.4. The maximum Gasteiger partial charge on any atom is 0.0713 e. The van der Waals surface area contributed by atoms with E-state index in [9.17, 15) is 0 Å². The zero-order valence-corrected chi connectivity index (χ0v) is 11.4. The number of aryl methyl sites for hydroxylation is 1. The van der Waals surface area contributed by atoms with Crippen molar-refractivity contribution >= 4 is 16.6 Å². The van der Waals surface area contributed by atoms with Crippen molar-refractivity contribution in [2.24, 2.45) is 0 Å². The largest absolute Gasteiger partial charge is 0.397 e. The van der Waals surface area contributed by atoms with Gasteiger partial charge in [0.2, 0.25) is 0 Å². The average molecular weight is 244 g/mol. The van der Waals surface area contributed by atoms with Crippen molar-refractivity contribution < 1.29 is 0 Å². The highest BCUT2D eigenvalue weighted by molar-refractivity contribution is 5.90. The van der Waals surface area contributed by atoms with E-state index in [1.165, 1.54) is 49.4 Å². The summed E-state index contributed by atoms with van der Waals surface area (Å²) >= 11 is 0. The van der Waals surface area contributed by atoms with Crippen LogP contribution in [0.25, 0.3) is 10.9 Å². The molecule has 0 radical (unpaired) electrons. The Morgan fingerprint density at radius 3 is 2.61 bits per heavy atom. The summed E-state index contributed by atoms with van der Waals surface area (Å²) in [5, 5.41) is 1.25. The number of hydrogen-bond donors (Lipinski definition) is 1. The summed E-state index contributed by atoms with van der Waals surface area (Å²) in [6, 6.07) is 8.29. The topological polar surface area (TPSA) is 30.9 Å². The number of anilines is 1. The summed E-state index contributed by atoms with van der Waals surface area (Å²) < 4.78 is 2.30. The summed E-state index contributed by atoms with van der Waals surface area (Å²) in [5.41, 5.74) is 8.14. The van der Waals surface area contributed by atoms with Crippen LogP contribution in [-0.4, -0.2) is 4.57 Å². The second kappa shape index (κ2) is 6.48. The van der Waals surface area contributed by atoms with E-state index in [2.05, 4.69) is 29.8 Å². The van der Waals surface area contributed by atoms with Crippen molar-refractivity contribution in [2.45, 2.75) is 52.0 Å². The maximum absolute atomic E-state index is 6.05. The summed E-state index contributed by atoms with van der Waals surface area (Å²) in [6.07, 6.45) is 10.2. The molecule has 0 aliphatic carbocycles. The Hall–Kier alpha value is -1.44. The molecule has 2 rings (SSSR count). The zero-order chi connectivity index (χ0) is 12.8. The fourth-order valence-electron chi connectivity index (χ4n) is 2.54. The smallest absolute Gasteiger partial charge is 0.0713 e. The van der Waals surface area contributed by atoms with Crippen LogP contribution in [0.3, 0.4) is 0 Å². The lowest BCUT2D eigenvalue weighted by Crippen LogP contribution is -1.98. The quantitative estimate of drug-likeness (QED) is 0.560. The van der Waals surface area contributed by atoms with Gasteiger partial charge in [0, 0.05) is 18.1 Å². The van der Waals surface area contributed by atoms with Gasteiger partial charge in [-0.15, -0.1) is 0 Å².